The molecule has 78 valence electrons. The Balaban J connectivity index is 2.26. The Labute approximate surface area is 79.9 Å². The SMILES string of the molecule is CC1(NCCS(N)(=O)=O)CCCC1. The molecule has 1 aliphatic rings. The summed E-state index contributed by atoms with van der Waals surface area (Å²) in [6.07, 6.45) is 4.74. The topological polar surface area (TPSA) is 72.2 Å². The smallest absolute Gasteiger partial charge is 0.210 e. The zero-order valence-electron chi connectivity index (χ0n) is 8.04. The van der Waals surface area contributed by atoms with Crippen LogP contribution in [0.25, 0.3) is 0 Å². The van der Waals surface area contributed by atoms with E-state index >= 15 is 0 Å². The Bertz CT molecular complexity index is 255. The average molecular weight is 206 g/mol. The summed E-state index contributed by atoms with van der Waals surface area (Å²) in [5, 5.41) is 8.15. The molecule has 0 unspecified atom stereocenters. The molecular formula is C8H18N2O2S. The van der Waals surface area contributed by atoms with E-state index in [-0.39, 0.29) is 11.3 Å². The van der Waals surface area contributed by atoms with Crippen molar-refractivity contribution in [2.45, 2.75) is 38.1 Å². The highest BCUT2D eigenvalue weighted by atomic mass is 32.2. The number of rotatable bonds is 4. The highest BCUT2D eigenvalue weighted by molar-refractivity contribution is 7.89. The van der Waals surface area contributed by atoms with Crippen LogP contribution in [0, 0.1) is 0 Å². The Morgan fingerprint density at radius 1 is 1.38 bits per heavy atom. The third kappa shape index (κ3) is 4.06. The molecule has 0 aliphatic heterocycles. The molecule has 1 aliphatic carbocycles. The van der Waals surface area contributed by atoms with Gasteiger partial charge in [0.05, 0.1) is 5.75 Å². The Morgan fingerprint density at radius 2 is 1.92 bits per heavy atom. The van der Waals surface area contributed by atoms with Gasteiger partial charge in [-0.3, -0.25) is 0 Å². The fourth-order valence-electron chi connectivity index (χ4n) is 1.83. The fourth-order valence-corrected chi connectivity index (χ4v) is 2.21. The van der Waals surface area contributed by atoms with Gasteiger partial charge in [0.2, 0.25) is 10.0 Å². The van der Waals surface area contributed by atoms with Crippen molar-refractivity contribution in [2.75, 3.05) is 12.3 Å². The molecule has 0 bridgehead atoms. The van der Waals surface area contributed by atoms with Gasteiger partial charge in [-0.05, 0) is 19.8 Å². The minimum atomic E-state index is -3.31. The van der Waals surface area contributed by atoms with E-state index in [2.05, 4.69) is 12.2 Å². The van der Waals surface area contributed by atoms with E-state index in [0.29, 0.717) is 6.54 Å². The standard InChI is InChI=1S/C8H18N2O2S/c1-8(4-2-3-5-8)10-6-7-13(9,11)12/h10H,2-7H2,1H3,(H2,9,11,12). The number of primary sulfonamides is 1. The highest BCUT2D eigenvalue weighted by Crippen LogP contribution is 2.28. The monoisotopic (exact) mass is 206 g/mol. The van der Waals surface area contributed by atoms with E-state index in [9.17, 15) is 8.42 Å². The maximum atomic E-state index is 10.6. The first-order valence-electron chi connectivity index (χ1n) is 4.67. The van der Waals surface area contributed by atoms with Gasteiger partial charge in [0.1, 0.15) is 0 Å². The van der Waals surface area contributed by atoms with Gasteiger partial charge in [-0.1, -0.05) is 12.8 Å². The first kappa shape index (κ1) is 10.9. The lowest BCUT2D eigenvalue weighted by molar-refractivity contribution is 0.375. The van der Waals surface area contributed by atoms with Crippen LogP contribution in [-0.4, -0.2) is 26.3 Å². The van der Waals surface area contributed by atoms with Gasteiger partial charge in [0.25, 0.3) is 0 Å². The van der Waals surface area contributed by atoms with Crippen LogP contribution in [-0.2, 0) is 10.0 Å². The van der Waals surface area contributed by atoms with Gasteiger partial charge in [-0.15, -0.1) is 0 Å². The average Bonchev–Trinajstić information content (AvgIpc) is 2.33. The molecule has 1 rings (SSSR count). The molecule has 13 heavy (non-hydrogen) atoms. The second-order valence-electron chi connectivity index (χ2n) is 4.06. The van der Waals surface area contributed by atoms with Crippen molar-refractivity contribution in [3.05, 3.63) is 0 Å². The van der Waals surface area contributed by atoms with Crippen LogP contribution in [0.1, 0.15) is 32.6 Å². The van der Waals surface area contributed by atoms with Crippen LogP contribution >= 0.6 is 0 Å². The first-order valence-corrected chi connectivity index (χ1v) is 6.38. The quantitative estimate of drug-likeness (QED) is 0.690. The number of sulfonamides is 1. The molecular weight excluding hydrogens is 188 g/mol. The predicted molar refractivity (Wildman–Crippen MR) is 52.8 cm³/mol. The zero-order chi connectivity index (χ0) is 9.95. The van der Waals surface area contributed by atoms with Crippen LogP contribution in [0.5, 0.6) is 0 Å². The van der Waals surface area contributed by atoms with Crippen molar-refractivity contribution in [1.29, 1.82) is 0 Å². The molecule has 0 heterocycles. The van der Waals surface area contributed by atoms with E-state index in [1.807, 2.05) is 0 Å². The Morgan fingerprint density at radius 3 is 2.38 bits per heavy atom. The number of hydrogen-bond acceptors (Lipinski definition) is 3. The van der Waals surface area contributed by atoms with E-state index in [0.717, 1.165) is 12.8 Å². The van der Waals surface area contributed by atoms with Crippen molar-refractivity contribution >= 4 is 10.0 Å². The van der Waals surface area contributed by atoms with Gasteiger partial charge in [-0.2, -0.15) is 0 Å². The molecule has 0 radical (unpaired) electrons. The summed E-state index contributed by atoms with van der Waals surface area (Å²) in [6.45, 7) is 2.61. The second kappa shape index (κ2) is 3.94. The van der Waals surface area contributed by atoms with E-state index in [1.54, 1.807) is 0 Å². The largest absolute Gasteiger partial charge is 0.310 e. The second-order valence-corrected chi connectivity index (χ2v) is 5.80. The molecule has 5 heteroatoms. The maximum absolute atomic E-state index is 10.6. The van der Waals surface area contributed by atoms with Gasteiger partial charge in [-0.25, -0.2) is 13.6 Å². The van der Waals surface area contributed by atoms with Gasteiger partial charge >= 0.3 is 0 Å². The molecule has 0 aromatic heterocycles. The summed E-state index contributed by atoms with van der Waals surface area (Å²) < 4.78 is 21.3. The van der Waals surface area contributed by atoms with E-state index in [1.165, 1.54) is 12.8 Å². The number of nitrogens with one attached hydrogen (secondary N) is 1. The summed E-state index contributed by atoms with van der Waals surface area (Å²) in [7, 11) is -3.31. The van der Waals surface area contributed by atoms with Gasteiger partial charge in [0, 0.05) is 12.1 Å². The van der Waals surface area contributed by atoms with Crippen molar-refractivity contribution in [3.8, 4) is 0 Å². The lowest BCUT2D eigenvalue weighted by Gasteiger charge is -2.24. The number of hydrogen-bond donors (Lipinski definition) is 2. The summed E-state index contributed by atoms with van der Waals surface area (Å²) in [4.78, 5) is 0. The van der Waals surface area contributed by atoms with E-state index < -0.39 is 10.0 Å². The molecule has 0 atom stereocenters. The van der Waals surface area contributed by atoms with Gasteiger partial charge < -0.3 is 5.32 Å². The molecule has 1 fully saturated rings. The summed E-state index contributed by atoms with van der Waals surface area (Å²) in [5.74, 6) is 0.0303. The highest BCUT2D eigenvalue weighted by Gasteiger charge is 2.27. The van der Waals surface area contributed by atoms with Crippen LogP contribution in [0.3, 0.4) is 0 Å². The summed E-state index contributed by atoms with van der Waals surface area (Å²) >= 11 is 0. The molecule has 1 saturated carbocycles. The molecule has 4 nitrogen and oxygen atoms in total. The Kier molecular flexibility index (Phi) is 3.32. The first-order chi connectivity index (χ1) is 5.91. The third-order valence-electron chi connectivity index (χ3n) is 2.65. The van der Waals surface area contributed by atoms with Crippen LogP contribution in [0.15, 0.2) is 0 Å². The maximum Gasteiger partial charge on any atom is 0.210 e. The predicted octanol–water partition coefficient (Wildman–Crippen LogP) is 0.197. The van der Waals surface area contributed by atoms with Crippen molar-refractivity contribution in [3.63, 3.8) is 0 Å². The molecule has 0 amide bonds. The number of nitrogens with two attached hydrogens (primary N) is 1. The lowest BCUT2D eigenvalue weighted by atomic mass is 10.0. The Hall–Kier alpha value is -0.130. The molecule has 0 spiro atoms. The zero-order valence-corrected chi connectivity index (χ0v) is 8.86. The van der Waals surface area contributed by atoms with E-state index in [4.69, 9.17) is 5.14 Å². The minimum absolute atomic E-state index is 0.0303. The summed E-state index contributed by atoms with van der Waals surface area (Å²) in [6, 6.07) is 0. The van der Waals surface area contributed by atoms with Crippen LogP contribution in [0.2, 0.25) is 0 Å². The minimum Gasteiger partial charge on any atom is -0.310 e. The fraction of sp³-hybridized carbons (Fsp3) is 1.00. The normalized spacial score (nSPS) is 22.0. The molecule has 0 aromatic rings. The lowest BCUT2D eigenvalue weighted by Crippen LogP contribution is -2.42. The van der Waals surface area contributed by atoms with Crippen molar-refractivity contribution in [2.24, 2.45) is 5.14 Å². The van der Waals surface area contributed by atoms with Crippen molar-refractivity contribution in [1.82, 2.24) is 5.32 Å². The molecule has 0 aromatic carbocycles. The van der Waals surface area contributed by atoms with Crippen LogP contribution < -0.4 is 10.5 Å². The third-order valence-corrected chi connectivity index (χ3v) is 3.42. The van der Waals surface area contributed by atoms with Gasteiger partial charge in [0.15, 0.2) is 0 Å². The molecule has 3 N–H and O–H groups in total. The van der Waals surface area contributed by atoms with Crippen molar-refractivity contribution < 1.29 is 8.42 Å². The summed E-state index contributed by atoms with van der Waals surface area (Å²) in [5.41, 5.74) is 0.144. The molecule has 0 saturated heterocycles. The van der Waals surface area contributed by atoms with Crippen LogP contribution in [0.4, 0.5) is 0 Å².